The van der Waals surface area contributed by atoms with Gasteiger partial charge in [0.2, 0.25) is 5.91 Å². The second-order valence-corrected chi connectivity index (χ2v) is 4.24. The van der Waals surface area contributed by atoms with Crippen molar-refractivity contribution in [3.8, 4) is 0 Å². The number of thiazole rings is 1. The molecule has 1 N–H and O–H groups in total. The maximum atomic E-state index is 11.6. The van der Waals surface area contributed by atoms with Gasteiger partial charge in [0.25, 0.3) is 0 Å². The standard InChI is InChI=1S/C11H11N3OS/c1-8-7-16-11(13-8)14-10(15)5-9-3-2-4-12-6-9/h2-4,6-7H,5H2,1H3,(H,13,14,15). The van der Waals surface area contributed by atoms with Crippen LogP contribution in [-0.4, -0.2) is 15.9 Å². The molecule has 2 aromatic rings. The average molecular weight is 233 g/mol. The molecule has 82 valence electrons. The van der Waals surface area contributed by atoms with Crippen LogP contribution in [0, 0.1) is 6.92 Å². The third-order valence-electron chi connectivity index (χ3n) is 1.95. The molecule has 5 heteroatoms. The summed E-state index contributed by atoms with van der Waals surface area (Å²) in [6.07, 6.45) is 3.70. The van der Waals surface area contributed by atoms with Gasteiger partial charge in [-0.1, -0.05) is 6.07 Å². The van der Waals surface area contributed by atoms with E-state index >= 15 is 0 Å². The van der Waals surface area contributed by atoms with Gasteiger partial charge in [0, 0.05) is 17.8 Å². The highest BCUT2D eigenvalue weighted by molar-refractivity contribution is 7.13. The van der Waals surface area contributed by atoms with Crippen molar-refractivity contribution in [3.63, 3.8) is 0 Å². The van der Waals surface area contributed by atoms with Crippen LogP contribution in [0.2, 0.25) is 0 Å². The summed E-state index contributed by atoms with van der Waals surface area (Å²) >= 11 is 1.43. The van der Waals surface area contributed by atoms with Crippen LogP contribution >= 0.6 is 11.3 Å². The van der Waals surface area contributed by atoms with Gasteiger partial charge in [0.05, 0.1) is 12.1 Å². The van der Waals surface area contributed by atoms with E-state index in [1.807, 2.05) is 24.4 Å². The third kappa shape index (κ3) is 2.87. The minimum absolute atomic E-state index is 0.0673. The summed E-state index contributed by atoms with van der Waals surface area (Å²) in [5.41, 5.74) is 1.81. The zero-order valence-electron chi connectivity index (χ0n) is 8.80. The summed E-state index contributed by atoms with van der Waals surface area (Å²) in [4.78, 5) is 19.7. The maximum absolute atomic E-state index is 11.6. The Bertz CT molecular complexity index is 481. The minimum Gasteiger partial charge on any atom is -0.302 e. The molecule has 1 amide bonds. The molecule has 0 bridgehead atoms. The van der Waals surface area contributed by atoms with Gasteiger partial charge in [-0.25, -0.2) is 4.98 Å². The Hall–Kier alpha value is -1.75. The Morgan fingerprint density at radius 3 is 3.06 bits per heavy atom. The molecule has 0 fully saturated rings. The highest BCUT2D eigenvalue weighted by atomic mass is 32.1. The summed E-state index contributed by atoms with van der Waals surface area (Å²) in [5.74, 6) is -0.0673. The summed E-state index contributed by atoms with van der Waals surface area (Å²) in [6.45, 7) is 1.90. The number of aryl methyl sites for hydroxylation is 1. The number of anilines is 1. The van der Waals surface area contributed by atoms with Gasteiger partial charge in [-0.05, 0) is 18.6 Å². The monoisotopic (exact) mass is 233 g/mol. The molecule has 0 aliphatic rings. The molecule has 16 heavy (non-hydrogen) atoms. The van der Waals surface area contributed by atoms with Crippen LogP contribution in [0.4, 0.5) is 5.13 Å². The fraction of sp³-hybridized carbons (Fsp3) is 0.182. The molecular formula is C11H11N3OS. The van der Waals surface area contributed by atoms with E-state index in [-0.39, 0.29) is 5.91 Å². The number of pyridine rings is 1. The predicted octanol–water partition coefficient (Wildman–Crippen LogP) is 2.03. The van der Waals surface area contributed by atoms with E-state index in [0.717, 1.165) is 11.3 Å². The van der Waals surface area contributed by atoms with Gasteiger partial charge < -0.3 is 5.32 Å². The number of aromatic nitrogens is 2. The summed E-state index contributed by atoms with van der Waals surface area (Å²) in [5, 5.41) is 5.30. The lowest BCUT2D eigenvalue weighted by molar-refractivity contribution is -0.115. The third-order valence-corrected chi connectivity index (χ3v) is 2.83. The Labute approximate surface area is 97.4 Å². The smallest absolute Gasteiger partial charge is 0.230 e. The van der Waals surface area contributed by atoms with Gasteiger partial charge in [0.15, 0.2) is 5.13 Å². The van der Waals surface area contributed by atoms with Crippen molar-refractivity contribution in [2.75, 3.05) is 5.32 Å². The Morgan fingerprint density at radius 1 is 1.56 bits per heavy atom. The number of nitrogens with zero attached hydrogens (tertiary/aromatic N) is 2. The molecule has 2 rings (SSSR count). The van der Waals surface area contributed by atoms with Crippen LogP contribution < -0.4 is 5.32 Å². The number of amides is 1. The van der Waals surface area contributed by atoms with Gasteiger partial charge in [0.1, 0.15) is 0 Å². The van der Waals surface area contributed by atoms with Crippen molar-refractivity contribution in [2.45, 2.75) is 13.3 Å². The van der Waals surface area contributed by atoms with E-state index < -0.39 is 0 Å². The normalized spacial score (nSPS) is 10.1. The number of nitrogens with one attached hydrogen (secondary N) is 1. The first-order valence-electron chi connectivity index (χ1n) is 4.85. The molecule has 0 radical (unpaired) electrons. The van der Waals surface area contributed by atoms with Crippen molar-refractivity contribution < 1.29 is 4.79 Å². The number of hydrogen-bond acceptors (Lipinski definition) is 4. The SMILES string of the molecule is Cc1csc(NC(=O)Cc2cccnc2)n1. The lowest BCUT2D eigenvalue weighted by Crippen LogP contribution is -2.14. The lowest BCUT2D eigenvalue weighted by Gasteiger charge is -2.00. The van der Waals surface area contributed by atoms with Crippen LogP contribution in [-0.2, 0) is 11.2 Å². The topological polar surface area (TPSA) is 54.9 Å². The molecule has 0 aromatic carbocycles. The predicted molar refractivity (Wildman–Crippen MR) is 63.4 cm³/mol. The van der Waals surface area contributed by atoms with E-state index in [2.05, 4.69) is 15.3 Å². The quantitative estimate of drug-likeness (QED) is 0.882. The highest BCUT2D eigenvalue weighted by Crippen LogP contribution is 2.14. The molecule has 4 nitrogen and oxygen atoms in total. The molecule has 0 unspecified atom stereocenters. The summed E-state index contributed by atoms with van der Waals surface area (Å²) in [7, 11) is 0. The first-order valence-corrected chi connectivity index (χ1v) is 5.73. The highest BCUT2D eigenvalue weighted by Gasteiger charge is 2.06. The van der Waals surface area contributed by atoms with Gasteiger partial charge >= 0.3 is 0 Å². The lowest BCUT2D eigenvalue weighted by atomic mass is 10.2. The Balaban J connectivity index is 1.95. The Kier molecular flexibility index (Phi) is 3.26. The number of rotatable bonds is 3. The van der Waals surface area contributed by atoms with Crippen molar-refractivity contribution in [2.24, 2.45) is 0 Å². The first kappa shape index (κ1) is 10.8. The molecular weight excluding hydrogens is 222 g/mol. The van der Waals surface area contributed by atoms with E-state index in [0.29, 0.717) is 11.6 Å². The van der Waals surface area contributed by atoms with Gasteiger partial charge in [-0.15, -0.1) is 11.3 Å². The molecule has 2 aromatic heterocycles. The van der Waals surface area contributed by atoms with E-state index in [1.165, 1.54) is 11.3 Å². The van der Waals surface area contributed by atoms with Crippen LogP contribution in [0.1, 0.15) is 11.3 Å². The van der Waals surface area contributed by atoms with Crippen LogP contribution in [0.25, 0.3) is 0 Å². The zero-order chi connectivity index (χ0) is 11.4. The van der Waals surface area contributed by atoms with E-state index in [4.69, 9.17) is 0 Å². The van der Waals surface area contributed by atoms with Crippen molar-refractivity contribution in [3.05, 3.63) is 41.2 Å². The minimum atomic E-state index is -0.0673. The largest absolute Gasteiger partial charge is 0.302 e. The first-order chi connectivity index (χ1) is 7.74. The van der Waals surface area contributed by atoms with Gasteiger partial charge in [-0.2, -0.15) is 0 Å². The fourth-order valence-corrected chi connectivity index (χ4v) is 1.97. The van der Waals surface area contributed by atoms with E-state index in [9.17, 15) is 4.79 Å². The van der Waals surface area contributed by atoms with Crippen molar-refractivity contribution in [1.82, 2.24) is 9.97 Å². The second kappa shape index (κ2) is 4.85. The van der Waals surface area contributed by atoms with Crippen LogP contribution in [0.15, 0.2) is 29.9 Å². The number of hydrogen-bond donors (Lipinski definition) is 1. The van der Waals surface area contributed by atoms with Crippen molar-refractivity contribution >= 4 is 22.4 Å². The average Bonchev–Trinajstić information content (AvgIpc) is 2.65. The molecule has 0 aliphatic heterocycles. The molecule has 0 spiro atoms. The van der Waals surface area contributed by atoms with Crippen molar-refractivity contribution in [1.29, 1.82) is 0 Å². The molecule has 0 atom stereocenters. The molecule has 0 saturated carbocycles. The zero-order valence-corrected chi connectivity index (χ0v) is 9.62. The molecule has 0 aliphatic carbocycles. The summed E-state index contributed by atoms with van der Waals surface area (Å²) < 4.78 is 0. The van der Waals surface area contributed by atoms with E-state index in [1.54, 1.807) is 12.4 Å². The fourth-order valence-electron chi connectivity index (χ4n) is 1.26. The van der Waals surface area contributed by atoms with Crippen LogP contribution in [0.3, 0.4) is 0 Å². The van der Waals surface area contributed by atoms with Crippen LogP contribution in [0.5, 0.6) is 0 Å². The number of carbonyl (C=O) groups is 1. The Morgan fingerprint density at radius 2 is 2.44 bits per heavy atom. The number of carbonyl (C=O) groups excluding carboxylic acids is 1. The van der Waals surface area contributed by atoms with Gasteiger partial charge in [-0.3, -0.25) is 9.78 Å². The maximum Gasteiger partial charge on any atom is 0.230 e. The molecule has 0 saturated heterocycles. The second-order valence-electron chi connectivity index (χ2n) is 3.38. The summed E-state index contributed by atoms with van der Waals surface area (Å²) in [6, 6.07) is 3.69. The molecule has 2 heterocycles.